The third kappa shape index (κ3) is 28.0. The molecule has 5 N–H and O–H groups in total. The van der Waals surface area contributed by atoms with Crippen molar-refractivity contribution in [2.75, 3.05) is 92.0 Å². The number of rotatable bonds is 31. The van der Waals surface area contributed by atoms with Gasteiger partial charge in [0.1, 0.15) is 51.9 Å². The lowest BCUT2D eigenvalue weighted by atomic mass is 9.73. The normalized spacial score (nSPS) is 18.0. The number of nitrogens with zero attached hydrogens (tertiary/aromatic N) is 8. The highest BCUT2D eigenvalue weighted by Gasteiger charge is 2.50. The Hall–Kier alpha value is -13.9. The van der Waals surface area contributed by atoms with E-state index in [2.05, 4.69) is 125 Å². The number of ether oxygens (including phenoxy) is 12. The molecule has 14 aromatic rings. The first-order chi connectivity index (χ1) is 72.2. The van der Waals surface area contributed by atoms with E-state index in [-0.39, 0.29) is 57.6 Å². The lowest BCUT2D eigenvalue weighted by molar-refractivity contribution is -0.125. The molecule has 9 heterocycles. The molecular weight excluding hydrogens is 1980 g/mol. The van der Waals surface area contributed by atoms with Gasteiger partial charge in [-0.3, -0.25) is 29.1 Å². The van der Waals surface area contributed by atoms with Crippen LogP contribution in [0.25, 0.3) is 21.8 Å². The number of likely N-dealkylation sites (tertiary alicyclic amines) is 1. The second-order valence-electron chi connectivity index (χ2n) is 37.9. The molecule has 6 fully saturated rings. The Balaban J connectivity index is 0.000000134. The summed E-state index contributed by atoms with van der Waals surface area (Å²) in [5.41, 5.74) is 11.3. The van der Waals surface area contributed by atoms with Crippen molar-refractivity contribution in [2.24, 2.45) is 17.3 Å². The van der Waals surface area contributed by atoms with Crippen LogP contribution in [-0.4, -0.2) is 168 Å². The van der Waals surface area contributed by atoms with Gasteiger partial charge in [0.2, 0.25) is 0 Å². The molecule has 2 bridgehead atoms. The van der Waals surface area contributed by atoms with Crippen molar-refractivity contribution in [3.05, 3.63) is 312 Å². The van der Waals surface area contributed by atoms with Crippen LogP contribution < -0.4 is 69.0 Å². The van der Waals surface area contributed by atoms with Crippen LogP contribution in [0.5, 0.6) is 57.5 Å². The fourth-order valence-corrected chi connectivity index (χ4v) is 20.6. The van der Waals surface area contributed by atoms with Crippen molar-refractivity contribution in [2.45, 2.75) is 186 Å². The number of H-pyrrole nitrogens is 1. The maximum absolute atomic E-state index is 12.6. The van der Waals surface area contributed by atoms with Gasteiger partial charge in [-0.05, 0) is 259 Å². The third-order valence-corrected chi connectivity index (χ3v) is 29.2. The Morgan fingerprint density at radius 2 is 1.15 bits per heavy atom. The number of aliphatic hydroxyl groups excluding tert-OH is 1. The van der Waals surface area contributed by atoms with Gasteiger partial charge in [0, 0.05) is 116 Å². The number of aliphatic hydroxyl groups is 1. The minimum Gasteiger partial charge on any atom is -0.494 e. The number of aryl methyl sites for hydroxylation is 2. The first kappa shape index (κ1) is 109. The van der Waals surface area contributed by atoms with Gasteiger partial charge in [-0.25, -0.2) is 19.6 Å². The summed E-state index contributed by atoms with van der Waals surface area (Å²) in [6.07, 6.45) is 29.1. The number of Topliss-reactive ketones (excluding diaryl/α,β-unsaturated/α-hetero) is 1. The van der Waals surface area contributed by atoms with Crippen molar-refractivity contribution in [1.29, 1.82) is 0 Å². The number of carbonyl (C=O) groups is 3. The van der Waals surface area contributed by atoms with E-state index in [1.54, 1.807) is 138 Å². The molecule has 149 heavy (non-hydrogen) atoms. The van der Waals surface area contributed by atoms with Crippen LogP contribution >= 0.6 is 46.4 Å². The number of halogens is 4. The topological polar surface area (TPSA) is 350 Å². The fourth-order valence-electron chi connectivity index (χ4n) is 20.0. The predicted molar refractivity (Wildman–Crippen MR) is 578 cm³/mol. The SMILES string of the molecule is COC(=O)N1C[C@@H](c2ccc(OC)c(OC3CCCC3)c2)[C@](C)(C(C)=O)C1.COc1ccc(C(=O)Nc2cc(Cl)cnc2Cl)c2cccnc12.COc1ccc(C(C)Cn2cc[nH]c2=O)cc1OC1CC2CCC1C2.COc1ccc(C(O)Nc2cc(Cl)cnc2Cl)c2cccnc12.COc1ccc(CNc2c(C)noc2C)cc1OC1CCOC1.COc1ccc([C@H](Cc2ccncc2)c2ccccc2)cc1OC1CCCC1. The molecule has 0 radical (unpaired) electrons. The van der Waals surface area contributed by atoms with E-state index >= 15 is 0 Å². The van der Waals surface area contributed by atoms with Gasteiger partial charge >= 0.3 is 11.8 Å². The average Bonchev–Trinajstić information content (AvgIpc) is 1.63. The van der Waals surface area contributed by atoms with E-state index in [1.807, 2.05) is 87.8 Å². The van der Waals surface area contributed by atoms with Crippen LogP contribution in [-0.2, 0) is 33.8 Å². The standard InChI is InChI=1S/C25H27NO2.C21H29NO5.C20H26N2O3.C17H22N2O4.C16H13Cl2N3O2.C16H11Cl2N3O2/c1-27-24-12-11-21(18-25(24)28-22-9-5-6-10-22)23(20-7-3-2-4-8-20)17-19-13-15-26-16-14-19;1-14(23)21(2)13-22(20(24)26-4)12-17(21)15-9-10-18(25-3)19(11-15)27-16-7-5-6-8-16;1-13(12-22-8-7-21-20(22)23)15-5-6-17(24-2)19(11-15)25-18-10-14-3-4-16(18)9-14;1-11-17(12(2)23-19-11)18-9-13-4-5-15(20-3)16(8-13)22-14-6-7-21-10-14;2*1-23-13-5-4-11(10-3-2-6-19-14(10)13)16(22)21-12-7-9(17)8-20-15(12)18/h2-4,7-8,11-16,18,22-23H,5-6,9-10,17H2,1H3;9-11,16-17H,5-8,12-13H2,1-4H3;5-8,11,13-14,16,18H,3-4,9-10,12H2,1-2H3,(H,21,23);4-5,8,14,18H,6-7,9-10H2,1-3H3;2-8,16,21-22H,1H3;2-8H,1H3,(H,21,22)/t23-;17-,21-;;;;/m10..../s1. The van der Waals surface area contributed by atoms with E-state index in [0.29, 0.717) is 123 Å². The lowest BCUT2D eigenvalue weighted by Crippen LogP contribution is -2.35. The summed E-state index contributed by atoms with van der Waals surface area (Å²) in [5, 5.41) is 26.1. The molecular formula is C115H128Cl4N12O18. The summed E-state index contributed by atoms with van der Waals surface area (Å²) in [5.74, 6) is 9.84. The lowest BCUT2D eigenvalue weighted by Gasteiger charge is -2.28. The number of carbonyl (C=O) groups excluding carboxylic acids is 3. The van der Waals surface area contributed by atoms with Gasteiger partial charge in [0.05, 0.1) is 102 Å². The number of nitrogens with one attached hydrogen (secondary N) is 4. The second-order valence-corrected chi connectivity index (χ2v) is 39.5. The molecule has 6 unspecified atom stereocenters. The zero-order valence-corrected chi connectivity index (χ0v) is 88.8. The molecule has 2 amide bonds. The van der Waals surface area contributed by atoms with Crippen molar-refractivity contribution in [1.82, 2.24) is 44.5 Å². The average molecular weight is 2110 g/mol. The number of aromatic amines is 1. The van der Waals surface area contributed by atoms with E-state index in [0.717, 1.165) is 125 Å². The summed E-state index contributed by atoms with van der Waals surface area (Å²) in [6.45, 7) is 12.9. The molecule has 6 aliphatic rings. The van der Waals surface area contributed by atoms with Crippen molar-refractivity contribution in [3.63, 3.8) is 0 Å². The van der Waals surface area contributed by atoms with E-state index in [1.165, 1.54) is 87.6 Å². The molecule has 7 aromatic heterocycles. The quantitative estimate of drug-likeness (QED) is 0.0199. The maximum Gasteiger partial charge on any atom is 0.409 e. The largest absolute Gasteiger partial charge is 0.494 e. The van der Waals surface area contributed by atoms with Crippen molar-refractivity contribution < 1.29 is 80.9 Å². The van der Waals surface area contributed by atoms with Gasteiger partial charge in [0.15, 0.2) is 68.3 Å². The maximum atomic E-state index is 12.6. The molecule has 7 aromatic carbocycles. The van der Waals surface area contributed by atoms with Gasteiger partial charge in [-0.1, -0.05) is 138 Å². The zero-order chi connectivity index (χ0) is 105. The van der Waals surface area contributed by atoms with Crippen molar-refractivity contribution in [3.8, 4) is 57.5 Å². The molecule has 34 heteroatoms. The van der Waals surface area contributed by atoms with E-state index < -0.39 is 17.7 Å². The molecule has 0 spiro atoms. The first-order valence-electron chi connectivity index (χ1n) is 50.1. The number of amides is 2. The number of anilines is 3. The van der Waals surface area contributed by atoms with Crippen LogP contribution in [0, 0.1) is 31.1 Å². The van der Waals surface area contributed by atoms with Crippen molar-refractivity contribution >= 4 is 103 Å². The number of benzene rings is 7. The molecule has 30 nitrogen and oxygen atoms in total. The van der Waals surface area contributed by atoms with E-state index in [9.17, 15) is 24.3 Å². The van der Waals surface area contributed by atoms with Gasteiger partial charge in [-0.15, -0.1) is 0 Å². The second kappa shape index (κ2) is 52.3. The third-order valence-electron chi connectivity index (χ3n) is 28.1. The minimum absolute atomic E-state index is 0.0629. The number of hydrogen-bond acceptors (Lipinski definition) is 26. The molecule has 4 aliphatic carbocycles. The molecule has 9 atom stereocenters. The van der Waals surface area contributed by atoms with Crippen LogP contribution in [0.4, 0.5) is 21.9 Å². The summed E-state index contributed by atoms with van der Waals surface area (Å²) in [7, 11) is 11.2. The predicted octanol–water partition coefficient (Wildman–Crippen LogP) is 24.4. The Bertz CT molecular complexity index is 6890. The number of hydrogen-bond donors (Lipinski definition) is 5. The number of aromatic nitrogens is 8. The van der Waals surface area contributed by atoms with Crippen LogP contribution in [0.2, 0.25) is 20.4 Å². The number of fused-ring (bicyclic) bond motifs is 4. The highest BCUT2D eigenvalue weighted by Crippen LogP contribution is 2.50. The number of methoxy groups -OCH3 is 7. The summed E-state index contributed by atoms with van der Waals surface area (Å²) in [6, 6.07) is 56.4. The highest BCUT2D eigenvalue weighted by atomic mass is 35.5. The molecule has 2 saturated heterocycles. The summed E-state index contributed by atoms with van der Waals surface area (Å²) >= 11 is 23.8. The first-order valence-corrected chi connectivity index (χ1v) is 51.6. The summed E-state index contributed by atoms with van der Waals surface area (Å²) in [4.78, 5) is 73.7. The van der Waals surface area contributed by atoms with Gasteiger partial charge < -0.3 is 92.3 Å². The Morgan fingerprint density at radius 1 is 0.570 bits per heavy atom. The van der Waals surface area contributed by atoms with E-state index in [4.69, 9.17) is 108 Å². The van der Waals surface area contributed by atoms with Crippen LogP contribution in [0.15, 0.2) is 235 Å². The molecule has 2 aliphatic heterocycles. The molecule has 20 rings (SSSR count). The number of ketones is 1. The summed E-state index contributed by atoms with van der Waals surface area (Å²) < 4.78 is 74.6. The number of pyridine rings is 5. The fraction of sp³-hybridized carbons (Fsp3) is 0.374. The number of imidazole rings is 1. The Labute approximate surface area is 887 Å². The Morgan fingerprint density at radius 3 is 1.74 bits per heavy atom. The van der Waals surface area contributed by atoms with Crippen LogP contribution in [0.3, 0.4) is 0 Å². The Kier molecular flexibility index (Phi) is 38.4. The molecule has 4 saturated carbocycles. The minimum atomic E-state index is -1.01. The monoisotopic (exact) mass is 2100 g/mol. The zero-order valence-electron chi connectivity index (χ0n) is 85.8. The highest BCUT2D eigenvalue weighted by molar-refractivity contribution is 6.35. The smallest absolute Gasteiger partial charge is 0.409 e. The van der Waals surface area contributed by atoms with Gasteiger partial charge in [-0.2, -0.15) is 0 Å². The molecule has 784 valence electrons. The van der Waals surface area contributed by atoms with Gasteiger partial charge in [0.25, 0.3) is 5.91 Å². The van der Waals surface area contributed by atoms with Crippen LogP contribution in [0.1, 0.15) is 189 Å².